The molecule has 2 nitrogen and oxygen atoms in total. The Kier molecular flexibility index (Phi) is 1.05. The zero-order valence-corrected chi connectivity index (χ0v) is 5.73. The van der Waals surface area contributed by atoms with E-state index in [0.717, 1.165) is 12.2 Å². The van der Waals surface area contributed by atoms with Gasteiger partial charge in [0.05, 0.1) is 11.8 Å². The highest BCUT2D eigenvalue weighted by atomic mass is 32.2. The van der Waals surface area contributed by atoms with Gasteiger partial charge in [-0.1, -0.05) is 6.08 Å². The molecule has 2 heterocycles. The minimum absolute atomic E-state index is 0.267. The van der Waals surface area contributed by atoms with Gasteiger partial charge in [-0.3, -0.25) is 4.79 Å². The Morgan fingerprint density at radius 1 is 1.78 bits per heavy atom. The first-order valence-electron chi connectivity index (χ1n) is 2.97. The second-order valence-corrected chi connectivity index (χ2v) is 3.39. The van der Waals surface area contributed by atoms with E-state index in [-0.39, 0.29) is 5.91 Å². The molecule has 1 amide bonds. The molecule has 9 heavy (non-hydrogen) atoms. The number of nitrogens with zero attached hydrogens (tertiary/aromatic N) is 1. The van der Waals surface area contributed by atoms with Crippen molar-refractivity contribution in [2.24, 2.45) is 0 Å². The third kappa shape index (κ3) is 0.678. The van der Waals surface area contributed by atoms with Crippen molar-refractivity contribution >= 4 is 17.7 Å². The molecule has 2 aliphatic rings. The number of β-lactam (4-membered cyclic amide) rings is 1. The van der Waals surface area contributed by atoms with E-state index >= 15 is 0 Å². The summed E-state index contributed by atoms with van der Waals surface area (Å²) in [4.78, 5) is 12.5. The van der Waals surface area contributed by atoms with Gasteiger partial charge in [0.1, 0.15) is 0 Å². The molecule has 48 valence electrons. The predicted octanol–water partition coefficient (Wildman–Crippen LogP) is 0.805. The van der Waals surface area contributed by atoms with Crippen LogP contribution >= 0.6 is 11.8 Å². The molecular formula is C6H7NOS. The third-order valence-corrected chi connectivity index (χ3v) is 2.76. The number of hydrogen-bond acceptors (Lipinski definition) is 2. The van der Waals surface area contributed by atoms with Gasteiger partial charge in [0, 0.05) is 12.0 Å². The van der Waals surface area contributed by atoms with E-state index in [1.807, 2.05) is 24.0 Å². The van der Waals surface area contributed by atoms with Gasteiger partial charge in [-0.15, -0.1) is 11.8 Å². The van der Waals surface area contributed by atoms with Crippen LogP contribution in [0.15, 0.2) is 12.3 Å². The average Bonchev–Trinajstić information content (AvgIpc) is 1.86. The lowest BCUT2D eigenvalue weighted by molar-refractivity contribution is -0.137. The molecule has 0 aromatic carbocycles. The lowest BCUT2D eigenvalue weighted by atomic mass is 10.2. The summed E-state index contributed by atoms with van der Waals surface area (Å²) >= 11 is 1.84. The maximum absolute atomic E-state index is 10.7. The van der Waals surface area contributed by atoms with Crippen molar-refractivity contribution in [2.75, 3.05) is 5.75 Å². The SMILES string of the molecule is O=C1C[C@H]2SCC=CN12. The van der Waals surface area contributed by atoms with Gasteiger partial charge in [0.25, 0.3) is 0 Å². The van der Waals surface area contributed by atoms with Crippen LogP contribution in [-0.4, -0.2) is 21.9 Å². The highest BCUT2D eigenvalue weighted by molar-refractivity contribution is 8.00. The van der Waals surface area contributed by atoms with E-state index in [1.165, 1.54) is 0 Å². The fraction of sp³-hybridized carbons (Fsp3) is 0.500. The van der Waals surface area contributed by atoms with Crippen LogP contribution < -0.4 is 0 Å². The zero-order valence-electron chi connectivity index (χ0n) is 4.91. The highest BCUT2D eigenvalue weighted by Gasteiger charge is 2.35. The monoisotopic (exact) mass is 141 g/mol. The molecule has 0 unspecified atom stereocenters. The Labute approximate surface area is 57.9 Å². The fourth-order valence-corrected chi connectivity index (χ4v) is 2.07. The topological polar surface area (TPSA) is 20.3 Å². The average molecular weight is 141 g/mol. The molecule has 3 heteroatoms. The molecule has 1 saturated heterocycles. The fourth-order valence-electron chi connectivity index (χ4n) is 1.04. The first kappa shape index (κ1) is 5.35. The summed E-state index contributed by atoms with van der Waals surface area (Å²) < 4.78 is 0. The molecule has 0 bridgehead atoms. The van der Waals surface area contributed by atoms with Crippen LogP contribution in [-0.2, 0) is 4.79 Å². The van der Waals surface area contributed by atoms with E-state index in [4.69, 9.17) is 0 Å². The Balaban J connectivity index is 2.16. The molecule has 2 rings (SSSR count). The van der Waals surface area contributed by atoms with Gasteiger partial charge < -0.3 is 4.90 Å². The largest absolute Gasteiger partial charge is 0.306 e. The van der Waals surface area contributed by atoms with Gasteiger partial charge in [0.2, 0.25) is 5.91 Å². The molecule has 0 aliphatic carbocycles. The van der Waals surface area contributed by atoms with Crippen molar-refractivity contribution in [3.05, 3.63) is 12.3 Å². The number of rotatable bonds is 0. The highest BCUT2D eigenvalue weighted by Crippen LogP contribution is 2.32. The maximum Gasteiger partial charge on any atom is 0.230 e. The van der Waals surface area contributed by atoms with Crippen LogP contribution in [0.4, 0.5) is 0 Å². The minimum Gasteiger partial charge on any atom is -0.306 e. The number of amides is 1. The zero-order chi connectivity index (χ0) is 6.27. The van der Waals surface area contributed by atoms with Crippen LogP contribution in [0, 0.1) is 0 Å². The van der Waals surface area contributed by atoms with Gasteiger partial charge in [-0.2, -0.15) is 0 Å². The number of thioether (sulfide) groups is 1. The Morgan fingerprint density at radius 2 is 2.67 bits per heavy atom. The van der Waals surface area contributed by atoms with E-state index in [0.29, 0.717) is 5.37 Å². The van der Waals surface area contributed by atoms with E-state index in [2.05, 4.69) is 0 Å². The van der Waals surface area contributed by atoms with Crippen molar-refractivity contribution in [3.8, 4) is 0 Å². The molecule has 0 aromatic rings. The second-order valence-electron chi connectivity index (χ2n) is 2.18. The quantitative estimate of drug-likeness (QED) is 0.465. The number of hydrogen-bond donors (Lipinski definition) is 0. The third-order valence-electron chi connectivity index (χ3n) is 1.60. The number of carbonyl (C=O) groups excluding carboxylic acids is 1. The maximum atomic E-state index is 10.7. The first-order valence-corrected chi connectivity index (χ1v) is 4.02. The summed E-state index contributed by atoms with van der Waals surface area (Å²) in [6, 6.07) is 0. The van der Waals surface area contributed by atoms with Crippen LogP contribution in [0.2, 0.25) is 0 Å². The standard InChI is InChI=1S/C6H7NOS/c8-5-4-6-7(5)2-1-3-9-6/h1-2,6H,3-4H2/t6-/m1/s1. The summed E-state index contributed by atoms with van der Waals surface area (Å²) in [5.41, 5.74) is 0. The van der Waals surface area contributed by atoms with Crippen molar-refractivity contribution in [1.29, 1.82) is 0 Å². The molecular weight excluding hydrogens is 134 g/mol. The summed E-state index contributed by atoms with van der Waals surface area (Å²) in [7, 11) is 0. The summed E-state index contributed by atoms with van der Waals surface area (Å²) in [5.74, 6) is 1.33. The minimum atomic E-state index is 0.267. The Hall–Kier alpha value is -0.440. The normalized spacial score (nSPS) is 31.8. The smallest absolute Gasteiger partial charge is 0.230 e. The van der Waals surface area contributed by atoms with Crippen LogP contribution in [0.5, 0.6) is 0 Å². The molecule has 0 radical (unpaired) electrons. The lowest BCUT2D eigenvalue weighted by Crippen LogP contribution is -2.48. The van der Waals surface area contributed by atoms with Crippen molar-refractivity contribution in [2.45, 2.75) is 11.8 Å². The predicted molar refractivity (Wildman–Crippen MR) is 36.8 cm³/mol. The van der Waals surface area contributed by atoms with Crippen LogP contribution in [0.1, 0.15) is 6.42 Å². The molecule has 0 saturated carbocycles. The summed E-state index contributed by atoms with van der Waals surface area (Å²) in [6.45, 7) is 0. The van der Waals surface area contributed by atoms with E-state index in [1.54, 1.807) is 4.90 Å². The molecule has 0 spiro atoms. The van der Waals surface area contributed by atoms with Crippen molar-refractivity contribution in [3.63, 3.8) is 0 Å². The van der Waals surface area contributed by atoms with Gasteiger partial charge in [-0.05, 0) is 0 Å². The van der Waals surface area contributed by atoms with Crippen LogP contribution in [0.3, 0.4) is 0 Å². The van der Waals surface area contributed by atoms with Crippen molar-refractivity contribution in [1.82, 2.24) is 4.90 Å². The molecule has 1 atom stereocenters. The van der Waals surface area contributed by atoms with E-state index in [9.17, 15) is 4.79 Å². The van der Waals surface area contributed by atoms with Crippen molar-refractivity contribution < 1.29 is 4.79 Å². The number of carbonyl (C=O) groups is 1. The Bertz CT molecular complexity index is 178. The van der Waals surface area contributed by atoms with Gasteiger partial charge in [0.15, 0.2) is 0 Å². The lowest BCUT2D eigenvalue weighted by Gasteiger charge is -2.39. The molecule has 0 aromatic heterocycles. The molecule has 2 aliphatic heterocycles. The van der Waals surface area contributed by atoms with Gasteiger partial charge >= 0.3 is 0 Å². The molecule has 1 fully saturated rings. The second kappa shape index (κ2) is 1.77. The summed E-state index contributed by atoms with van der Waals surface area (Å²) in [6.07, 6.45) is 4.67. The van der Waals surface area contributed by atoms with Gasteiger partial charge in [-0.25, -0.2) is 0 Å². The summed E-state index contributed by atoms with van der Waals surface area (Å²) in [5, 5.41) is 0.475. The first-order chi connectivity index (χ1) is 4.38. The van der Waals surface area contributed by atoms with E-state index < -0.39 is 0 Å². The number of fused-ring (bicyclic) bond motifs is 1. The molecule has 0 N–H and O–H groups in total. The van der Waals surface area contributed by atoms with Crippen LogP contribution in [0.25, 0.3) is 0 Å². The Morgan fingerprint density at radius 3 is 3.22 bits per heavy atom.